The molecular formula is C21H27NO5S. The van der Waals surface area contributed by atoms with Crippen molar-refractivity contribution in [3.63, 3.8) is 0 Å². The number of hydrogen-bond acceptors (Lipinski definition) is 5. The first kappa shape index (κ1) is 20.6. The van der Waals surface area contributed by atoms with E-state index in [-0.39, 0.29) is 12.0 Å². The lowest BCUT2D eigenvalue weighted by molar-refractivity contribution is -0.146. The maximum Gasteiger partial charge on any atom is 0.341 e. The quantitative estimate of drug-likeness (QED) is 0.547. The number of rotatable bonds is 6. The number of ether oxygens (including phenoxy) is 1. The number of hydrogen-bond donors (Lipinski definition) is 2. The van der Waals surface area contributed by atoms with E-state index in [2.05, 4.69) is 5.32 Å². The SMILES string of the molecule is CC[C@@H](C)OC(=O)c1c(NC(=O)[C@@H]2CC=CC[C@@H]2C(=O)O)sc2c1CCCC2. The Labute approximate surface area is 169 Å². The zero-order valence-electron chi connectivity index (χ0n) is 16.3. The Bertz CT molecular complexity index is 797. The molecule has 0 saturated heterocycles. The summed E-state index contributed by atoms with van der Waals surface area (Å²) in [5, 5.41) is 12.8. The molecule has 2 aliphatic carbocycles. The van der Waals surface area contributed by atoms with Crippen LogP contribution in [0.4, 0.5) is 5.00 Å². The lowest BCUT2D eigenvalue weighted by atomic mass is 9.82. The fraction of sp³-hybridized carbons (Fsp3) is 0.571. The van der Waals surface area contributed by atoms with Crippen molar-refractivity contribution < 1.29 is 24.2 Å². The number of carbonyl (C=O) groups is 3. The van der Waals surface area contributed by atoms with Crippen LogP contribution in [0.15, 0.2) is 12.2 Å². The second kappa shape index (κ2) is 8.90. The van der Waals surface area contributed by atoms with Crippen LogP contribution in [0.25, 0.3) is 0 Å². The summed E-state index contributed by atoms with van der Waals surface area (Å²) >= 11 is 1.43. The molecule has 0 unspecified atom stereocenters. The van der Waals surface area contributed by atoms with E-state index in [1.807, 2.05) is 19.9 Å². The van der Waals surface area contributed by atoms with E-state index in [9.17, 15) is 19.5 Å². The highest BCUT2D eigenvalue weighted by molar-refractivity contribution is 7.17. The molecule has 0 fully saturated rings. The largest absolute Gasteiger partial charge is 0.481 e. The van der Waals surface area contributed by atoms with Crippen LogP contribution in [-0.2, 0) is 27.2 Å². The molecule has 28 heavy (non-hydrogen) atoms. The van der Waals surface area contributed by atoms with Gasteiger partial charge in [-0.2, -0.15) is 0 Å². The van der Waals surface area contributed by atoms with Crippen LogP contribution < -0.4 is 5.32 Å². The molecule has 0 radical (unpaired) electrons. The van der Waals surface area contributed by atoms with Crippen molar-refractivity contribution in [1.82, 2.24) is 0 Å². The Balaban J connectivity index is 1.87. The number of thiophene rings is 1. The molecule has 0 saturated carbocycles. The number of fused-ring (bicyclic) bond motifs is 1. The number of carboxylic acid groups (broad SMARTS) is 1. The van der Waals surface area contributed by atoms with E-state index in [1.54, 1.807) is 6.08 Å². The third-order valence-electron chi connectivity index (χ3n) is 5.58. The van der Waals surface area contributed by atoms with E-state index in [0.29, 0.717) is 29.8 Å². The molecule has 152 valence electrons. The van der Waals surface area contributed by atoms with E-state index >= 15 is 0 Å². The second-order valence-electron chi connectivity index (χ2n) is 7.52. The molecule has 0 aromatic carbocycles. The smallest absolute Gasteiger partial charge is 0.341 e. The van der Waals surface area contributed by atoms with E-state index in [0.717, 1.165) is 36.1 Å². The predicted molar refractivity (Wildman–Crippen MR) is 108 cm³/mol. The maximum absolute atomic E-state index is 12.9. The zero-order valence-corrected chi connectivity index (χ0v) is 17.1. The van der Waals surface area contributed by atoms with Gasteiger partial charge < -0.3 is 15.2 Å². The Kier molecular flexibility index (Phi) is 6.54. The lowest BCUT2D eigenvalue weighted by Crippen LogP contribution is -2.35. The molecule has 0 aliphatic heterocycles. The van der Waals surface area contributed by atoms with Gasteiger partial charge in [0.05, 0.1) is 23.5 Å². The third kappa shape index (κ3) is 4.29. The van der Waals surface area contributed by atoms with Crippen molar-refractivity contribution in [1.29, 1.82) is 0 Å². The fourth-order valence-corrected chi connectivity index (χ4v) is 5.06. The van der Waals surface area contributed by atoms with Crippen LogP contribution in [0.5, 0.6) is 0 Å². The molecule has 2 N–H and O–H groups in total. The Morgan fingerprint density at radius 2 is 1.89 bits per heavy atom. The second-order valence-corrected chi connectivity index (χ2v) is 8.63. The summed E-state index contributed by atoms with van der Waals surface area (Å²) < 4.78 is 5.55. The first-order valence-corrected chi connectivity index (χ1v) is 10.8. The van der Waals surface area contributed by atoms with Gasteiger partial charge in [0.1, 0.15) is 5.00 Å². The molecule has 1 aromatic heterocycles. The average molecular weight is 406 g/mol. The Morgan fingerprint density at radius 1 is 1.21 bits per heavy atom. The normalized spacial score (nSPS) is 22.2. The highest BCUT2D eigenvalue weighted by atomic mass is 32.1. The summed E-state index contributed by atoms with van der Waals surface area (Å²) in [6.45, 7) is 3.80. The summed E-state index contributed by atoms with van der Waals surface area (Å²) in [4.78, 5) is 38.4. The number of aryl methyl sites for hydroxylation is 1. The topological polar surface area (TPSA) is 92.7 Å². The molecule has 3 atom stereocenters. The first-order chi connectivity index (χ1) is 13.4. The highest BCUT2D eigenvalue weighted by Gasteiger charge is 2.35. The number of anilines is 1. The number of nitrogens with one attached hydrogen (secondary N) is 1. The summed E-state index contributed by atoms with van der Waals surface area (Å²) in [6, 6.07) is 0. The lowest BCUT2D eigenvalue weighted by Gasteiger charge is -2.24. The Morgan fingerprint density at radius 3 is 2.57 bits per heavy atom. The summed E-state index contributed by atoms with van der Waals surface area (Å²) in [5.41, 5.74) is 1.45. The number of carbonyl (C=O) groups excluding carboxylic acids is 2. The number of amides is 1. The van der Waals surface area contributed by atoms with Gasteiger partial charge in [-0.05, 0) is 57.4 Å². The van der Waals surface area contributed by atoms with E-state index < -0.39 is 23.8 Å². The molecule has 1 heterocycles. The number of allylic oxidation sites excluding steroid dienone is 2. The van der Waals surface area contributed by atoms with Crippen LogP contribution in [0, 0.1) is 11.8 Å². The van der Waals surface area contributed by atoms with E-state index in [1.165, 1.54) is 11.3 Å². The highest BCUT2D eigenvalue weighted by Crippen LogP contribution is 2.39. The molecule has 7 heteroatoms. The van der Waals surface area contributed by atoms with Crippen molar-refractivity contribution >= 4 is 34.2 Å². The van der Waals surface area contributed by atoms with Crippen molar-refractivity contribution in [3.8, 4) is 0 Å². The van der Waals surface area contributed by atoms with E-state index in [4.69, 9.17) is 4.74 Å². The number of carboxylic acids is 1. The van der Waals surface area contributed by atoms with Gasteiger partial charge in [-0.3, -0.25) is 9.59 Å². The van der Waals surface area contributed by atoms with Gasteiger partial charge in [0.15, 0.2) is 0 Å². The molecule has 1 aromatic rings. The molecule has 3 rings (SSSR count). The minimum absolute atomic E-state index is 0.199. The van der Waals surface area contributed by atoms with Crippen molar-refractivity contribution in [2.75, 3.05) is 5.32 Å². The summed E-state index contributed by atoms with van der Waals surface area (Å²) in [5.74, 6) is -3.09. The summed E-state index contributed by atoms with van der Waals surface area (Å²) in [7, 11) is 0. The van der Waals surface area contributed by atoms with Crippen LogP contribution in [-0.4, -0.2) is 29.1 Å². The molecule has 0 bridgehead atoms. The van der Waals surface area contributed by atoms with Gasteiger partial charge in [-0.1, -0.05) is 19.1 Å². The molecule has 2 aliphatic rings. The molecule has 1 amide bonds. The monoisotopic (exact) mass is 405 g/mol. The minimum atomic E-state index is -0.966. The van der Waals surface area contributed by atoms with Crippen LogP contribution in [0.2, 0.25) is 0 Å². The average Bonchev–Trinajstić information content (AvgIpc) is 3.05. The molecule has 0 spiro atoms. The molecular weight excluding hydrogens is 378 g/mol. The van der Waals surface area contributed by atoms with Crippen molar-refractivity contribution in [2.45, 2.75) is 64.9 Å². The maximum atomic E-state index is 12.9. The predicted octanol–water partition coefficient (Wildman–Crippen LogP) is 4.19. The third-order valence-corrected chi connectivity index (χ3v) is 6.79. The van der Waals surface area contributed by atoms with Crippen molar-refractivity contribution in [3.05, 3.63) is 28.2 Å². The van der Waals surface area contributed by atoms with Gasteiger partial charge in [0.2, 0.25) is 5.91 Å². The van der Waals surface area contributed by atoms with Gasteiger partial charge in [0, 0.05) is 4.88 Å². The number of esters is 1. The van der Waals surface area contributed by atoms with Crippen LogP contribution in [0.1, 0.15) is 66.8 Å². The first-order valence-electron chi connectivity index (χ1n) is 9.96. The summed E-state index contributed by atoms with van der Waals surface area (Å²) in [6.07, 6.45) is 8.68. The Hall–Kier alpha value is -2.15. The van der Waals surface area contributed by atoms with Crippen LogP contribution in [0.3, 0.4) is 0 Å². The fourth-order valence-electron chi connectivity index (χ4n) is 3.78. The standard InChI is InChI=1S/C21H27NO5S/c1-3-12(2)27-21(26)17-15-10-6-7-11-16(15)28-19(17)22-18(23)13-8-4-5-9-14(13)20(24)25/h4-5,12-14H,3,6-11H2,1-2H3,(H,22,23)(H,24,25)/t12-,13-,14+/m1/s1. The molecule has 6 nitrogen and oxygen atoms in total. The van der Waals surface area contributed by atoms with Gasteiger partial charge >= 0.3 is 11.9 Å². The van der Waals surface area contributed by atoms with Crippen molar-refractivity contribution in [2.24, 2.45) is 11.8 Å². The van der Waals surface area contributed by atoms with Gasteiger partial charge in [-0.25, -0.2) is 4.79 Å². The van der Waals surface area contributed by atoms with Gasteiger partial charge in [0.25, 0.3) is 0 Å². The zero-order chi connectivity index (χ0) is 20.3. The minimum Gasteiger partial charge on any atom is -0.481 e. The van der Waals surface area contributed by atoms with Gasteiger partial charge in [-0.15, -0.1) is 11.3 Å². The van der Waals surface area contributed by atoms with Crippen LogP contribution >= 0.6 is 11.3 Å². The number of aliphatic carboxylic acids is 1.